The second-order valence-electron chi connectivity index (χ2n) is 5.82. The first-order valence-corrected chi connectivity index (χ1v) is 9.41. The van der Waals surface area contributed by atoms with Crippen LogP contribution < -0.4 is 4.72 Å². The van der Waals surface area contributed by atoms with Gasteiger partial charge in [0.25, 0.3) is 5.91 Å². The quantitative estimate of drug-likeness (QED) is 0.769. The highest BCUT2D eigenvalue weighted by atomic mass is 32.2. The highest BCUT2D eigenvalue weighted by molar-refractivity contribution is 7.89. The molecule has 5 nitrogen and oxygen atoms in total. The van der Waals surface area contributed by atoms with Gasteiger partial charge >= 0.3 is 0 Å². The Morgan fingerprint density at radius 3 is 2.56 bits per heavy atom. The van der Waals surface area contributed by atoms with Crippen molar-refractivity contribution < 1.29 is 22.0 Å². The van der Waals surface area contributed by atoms with Gasteiger partial charge in [-0.25, -0.2) is 17.2 Å². The summed E-state index contributed by atoms with van der Waals surface area (Å²) in [6.07, 6.45) is 5.05. The van der Waals surface area contributed by atoms with Gasteiger partial charge in [0.05, 0.1) is 17.5 Å². The normalized spacial score (nSPS) is 12.3. The molecule has 2 aromatic rings. The van der Waals surface area contributed by atoms with E-state index in [0.717, 1.165) is 12.1 Å². The van der Waals surface area contributed by atoms with E-state index in [2.05, 4.69) is 10.6 Å². The number of nitrogens with one attached hydrogen (secondary N) is 1. The molecule has 0 aliphatic heterocycles. The Kier molecular flexibility index (Phi) is 6.31. The van der Waals surface area contributed by atoms with Crippen molar-refractivity contribution in [2.24, 2.45) is 0 Å². The van der Waals surface area contributed by atoms with Crippen LogP contribution in [0, 0.1) is 24.0 Å². The van der Waals surface area contributed by atoms with Gasteiger partial charge in [-0.1, -0.05) is 18.1 Å². The number of carbonyl (C=O) groups excluding carboxylic acids is 1. The van der Waals surface area contributed by atoms with Crippen LogP contribution in [-0.4, -0.2) is 32.8 Å². The zero-order chi connectivity index (χ0) is 20.2. The van der Waals surface area contributed by atoms with Crippen LogP contribution in [0.4, 0.5) is 8.78 Å². The maximum atomic E-state index is 13.4. The summed E-state index contributed by atoms with van der Waals surface area (Å²) in [5, 5.41) is 0. The van der Waals surface area contributed by atoms with Crippen molar-refractivity contribution in [1.29, 1.82) is 0 Å². The van der Waals surface area contributed by atoms with Crippen LogP contribution >= 0.6 is 0 Å². The largest absolute Gasteiger partial charge is 0.335 e. The molecule has 0 saturated carbocycles. The van der Waals surface area contributed by atoms with Gasteiger partial charge in [-0.15, -0.1) is 6.42 Å². The van der Waals surface area contributed by atoms with Crippen LogP contribution in [0.1, 0.15) is 28.9 Å². The third-order valence-electron chi connectivity index (χ3n) is 4.08. The predicted molar refractivity (Wildman–Crippen MR) is 97.3 cm³/mol. The van der Waals surface area contributed by atoms with Gasteiger partial charge < -0.3 is 4.90 Å². The van der Waals surface area contributed by atoms with E-state index in [9.17, 15) is 22.0 Å². The molecule has 27 heavy (non-hydrogen) atoms. The molecule has 0 bridgehead atoms. The molecule has 142 valence electrons. The molecule has 0 fully saturated rings. The molecule has 1 N–H and O–H groups in total. The van der Waals surface area contributed by atoms with E-state index < -0.39 is 33.6 Å². The number of hydrogen-bond donors (Lipinski definition) is 1. The third kappa shape index (κ3) is 4.70. The van der Waals surface area contributed by atoms with Crippen molar-refractivity contribution in [2.45, 2.75) is 17.9 Å². The SMILES string of the molecule is C#CCNS(=O)(=O)c1cccc(C(=O)N(C)C(C)c2ccc(F)c(F)c2)c1. The lowest BCUT2D eigenvalue weighted by Crippen LogP contribution is -2.30. The van der Waals surface area contributed by atoms with Gasteiger partial charge in [-0.3, -0.25) is 4.79 Å². The summed E-state index contributed by atoms with van der Waals surface area (Å²) in [5.74, 6) is -0.284. The first kappa shape index (κ1) is 20.6. The summed E-state index contributed by atoms with van der Waals surface area (Å²) in [6.45, 7) is 1.48. The van der Waals surface area contributed by atoms with Crippen LogP contribution in [0.25, 0.3) is 0 Å². The fraction of sp³-hybridized carbons (Fsp3) is 0.211. The fourth-order valence-corrected chi connectivity index (χ4v) is 3.37. The van der Waals surface area contributed by atoms with E-state index in [1.165, 1.54) is 42.3 Å². The number of amides is 1. The zero-order valence-corrected chi connectivity index (χ0v) is 15.6. The lowest BCUT2D eigenvalue weighted by molar-refractivity contribution is 0.0742. The first-order valence-electron chi connectivity index (χ1n) is 7.92. The molecule has 0 aliphatic rings. The van der Waals surface area contributed by atoms with E-state index in [4.69, 9.17) is 6.42 Å². The Balaban J connectivity index is 2.27. The lowest BCUT2D eigenvalue weighted by Gasteiger charge is -2.25. The number of rotatable bonds is 6. The lowest BCUT2D eigenvalue weighted by atomic mass is 10.1. The summed E-state index contributed by atoms with van der Waals surface area (Å²) in [6, 6.07) is 8.32. The predicted octanol–water partition coefficient (Wildman–Crippen LogP) is 2.71. The average Bonchev–Trinajstić information content (AvgIpc) is 2.67. The van der Waals surface area contributed by atoms with Crippen molar-refractivity contribution in [2.75, 3.05) is 13.6 Å². The van der Waals surface area contributed by atoms with Crippen molar-refractivity contribution in [3.8, 4) is 12.3 Å². The van der Waals surface area contributed by atoms with Gasteiger partial charge in [-0.05, 0) is 42.8 Å². The Morgan fingerprint density at radius 2 is 1.93 bits per heavy atom. The van der Waals surface area contributed by atoms with Crippen molar-refractivity contribution in [3.63, 3.8) is 0 Å². The zero-order valence-electron chi connectivity index (χ0n) is 14.7. The van der Waals surface area contributed by atoms with Gasteiger partial charge in [0, 0.05) is 12.6 Å². The molecule has 0 heterocycles. The van der Waals surface area contributed by atoms with Crippen LogP contribution in [-0.2, 0) is 10.0 Å². The van der Waals surface area contributed by atoms with Gasteiger partial charge in [0.15, 0.2) is 11.6 Å². The monoisotopic (exact) mass is 392 g/mol. The third-order valence-corrected chi connectivity index (χ3v) is 5.48. The van der Waals surface area contributed by atoms with Gasteiger partial charge in [0.1, 0.15) is 0 Å². The Morgan fingerprint density at radius 1 is 1.22 bits per heavy atom. The maximum Gasteiger partial charge on any atom is 0.254 e. The second kappa shape index (κ2) is 8.29. The molecule has 0 aromatic heterocycles. The molecule has 1 atom stereocenters. The molecular formula is C19H18F2N2O3S. The van der Waals surface area contributed by atoms with Gasteiger partial charge in [-0.2, -0.15) is 4.72 Å². The van der Waals surface area contributed by atoms with Crippen molar-refractivity contribution in [1.82, 2.24) is 9.62 Å². The first-order chi connectivity index (χ1) is 12.7. The van der Waals surface area contributed by atoms with Crippen molar-refractivity contribution >= 4 is 15.9 Å². The summed E-state index contributed by atoms with van der Waals surface area (Å²) < 4.78 is 53.1. The number of carbonyl (C=O) groups is 1. The molecule has 0 aliphatic carbocycles. The molecule has 2 rings (SSSR count). The number of nitrogens with zero attached hydrogens (tertiary/aromatic N) is 1. The number of terminal acetylenes is 1. The van der Waals surface area contributed by atoms with E-state index >= 15 is 0 Å². The molecule has 8 heteroatoms. The molecule has 0 spiro atoms. The number of halogens is 2. The molecule has 1 unspecified atom stereocenters. The summed E-state index contributed by atoms with van der Waals surface area (Å²) in [5.41, 5.74) is 0.541. The molecular weight excluding hydrogens is 374 g/mol. The fourth-order valence-electron chi connectivity index (χ4n) is 2.39. The summed E-state index contributed by atoms with van der Waals surface area (Å²) in [4.78, 5) is 13.9. The Hall–Kier alpha value is -2.76. The van der Waals surface area contributed by atoms with Crippen LogP contribution in [0.15, 0.2) is 47.4 Å². The Bertz CT molecular complexity index is 1000. The number of benzene rings is 2. The van der Waals surface area contributed by atoms with E-state index in [1.807, 2.05) is 0 Å². The maximum absolute atomic E-state index is 13.4. The van der Waals surface area contributed by atoms with E-state index in [0.29, 0.717) is 5.56 Å². The highest BCUT2D eigenvalue weighted by Crippen LogP contribution is 2.23. The average molecular weight is 392 g/mol. The molecule has 1 amide bonds. The molecule has 2 aromatic carbocycles. The van der Waals surface area contributed by atoms with Crippen LogP contribution in [0.5, 0.6) is 0 Å². The molecule has 0 radical (unpaired) electrons. The van der Waals surface area contributed by atoms with E-state index in [1.54, 1.807) is 6.92 Å². The number of hydrogen-bond acceptors (Lipinski definition) is 3. The smallest absolute Gasteiger partial charge is 0.254 e. The summed E-state index contributed by atoms with van der Waals surface area (Å²) >= 11 is 0. The minimum absolute atomic E-state index is 0.0996. The highest BCUT2D eigenvalue weighted by Gasteiger charge is 2.22. The second-order valence-corrected chi connectivity index (χ2v) is 7.59. The molecule has 0 saturated heterocycles. The minimum atomic E-state index is -3.84. The van der Waals surface area contributed by atoms with Crippen LogP contribution in [0.3, 0.4) is 0 Å². The van der Waals surface area contributed by atoms with Crippen LogP contribution in [0.2, 0.25) is 0 Å². The minimum Gasteiger partial charge on any atom is -0.335 e. The Labute approximate surface area is 157 Å². The summed E-state index contributed by atoms with van der Waals surface area (Å²) in [7, 11) is -2.35. The number of sulfonamides is 1. The van der Waals surface area contributed by atoms with Gasteiger partial charge in [0.2, 0.25) is 10.0 Å². The standard InChI is InChI=1S/C19H18F2N2O3S/c1-4-10-22-27(25,26)16-7-5-6-15(11-16)19(24)23(3)13(2)14-8-9-17(20)18(21)12-14/h1,5-9,11-13,22H,10H2,2-3H3. The topological polar surface area (TPSA) is 66.5 Å². The van der Waals surface area contributed by atoms with E-state index in [-0.39, 0.29) is 17.0 Å². The van der Waals surface area contributed by atoms with Crippen molar-refractivity contribution in [3.05, 3.63) is 65.2 Å².